The van der Waals surface area contributed by atoms with E-state index in [2.05, 4.69) is 11.4 Å². The van der Waals surface area contributed by atoms with Crippen molar-refractivity contribution in [2.24, 2.45) is 0 Å². The molecular formula is C14H18N2O. The molecule has 1 fully saturated rings. The third-order valence-electron chi connectivity index (χ3n) is 3.15. The van der Waals surface area contributed by atoms with E-state index in [9.17, 15) is 0 Å². The highest BCUT2D eigenvalue weighted by molar-refractivity contribution is 5.54. The normalized spacial score (nSPS) is 19.6. The van der Waals surface area contributed by atoms with Crippen LogP contribution in [0.5, 0.6) is 0 Å². The van der Waals surface area contributed by atoms with Crippen LogP contribution in [-0.4, -0.2) is 19.3 Å². The molecule has 1 aromatic carbocycles. The molecule has 1 unspecified atom stereocenters. The van der Waals surface area contributed by atoms with Crippen molar-refractivity contribution in [1.82, 2.24) is 0 Å². The Morgan fingerprint density at radius 2 is 2.35 bits per heavy atom. The van der Waals surface area contributed by atoms with Gasteiger partial charge in [0.2, 0.25) is 0 Å². The summed E-state index contributed by atoms with van der Waals surface area (Å²) in [4.78, 5) is 0. The Morgan fingerprint density at radius 1 is 1.47 bits per heavy atom. The first-order valence-electron chi connectivity index (χ1n) is 6.16. The van der Waals surface area contributed by atoms with E-state index >= 15 is 0 Å². The van der Waals surface area contributed by atoms with Gasteiger partial charge in [-0.3, -0.25) is 0 Å². The molecule has 0 amide bonds. The molecule has 17 heavy (non-hydrogen) atoms. The van der Waals surface area contributed by atoms with Crippen LogP contribution in [0.3, 0.4) is 0 Å². The van der Waals surface area contributed by atoms with Gasteiger partial charge in [0, 0.05) is 18.8 Å². The highest BCUT2D eigenvalue weighted by Gasteiger charge is 2.13. The summed E-state index contributed by atoms with van der Waals surface area (Å²) in [6.07, 6.45) is 3.92. The van der Waals surface area contributed by atoms with Crippen molar-refractivity contribution in [2.45, 2.75) is 32.3 Å². The first-order chi connectivity index (χ1) is 8.29. The highest BCUT2D eigenvalue weighted by atomic mass is 16.5. The van der Waals surface area contributed by atoms with E-state index in [0.29, 0.717) is 11.7 Å². The topological polar surface area (TPSA) is 45.0 Å². The van der Waals surface area contributed by atoms with Crippen molar-refractivity contribution in [3.05, 3.63) is 29.3 Å². The first-order valence-corrected chi connectivity index (χ1v) is 6.16. The van der Waals surface area contributed by atoms with Gasteiger partial charge in [0.05, 0.1) is 17.7 Å². The number of ether oxygens (including phenoxy) is 1. The molecule has 90 valence electrons. The maximum atomic E-state index is 8.80. The summed E-state index contributed by atoms with van der Waals surface area (Å²) in [6.45, 7) is 3.76. The second kappa shape index (κ2) is 5.70. The van der Waals surface area contributed by atoms with Crippen LogP contribution in [0.15, 0.2) is 18.2 Å². The lowest BCUT2D eigenvalue weighted by Crippen LogP contribution is -2.27. The summed E-state index contributed by atoms with van der Waals surface area (Å²) < 4.78 is 5.67. The Bertz CT molecular complexity index is 417. The van der Waals surface area contributed by atoms with Gasteiger partial charge in [-0.25, -0.2) is 0 Å². The Labute approximate surface area is 102 Å². The number of hydrogen-bond donors (Lipinski definition) is 1. The lowest BCUT2D eigenvalue weighted by molar-refractivity contribution is 0.0247. The molecule has 0 spiro atoms. The Kier molecular flexibility index (Phi) is 4.00. The average molecular weight is 230 g/mol. The molecule has 2 rings (SSSR count). The van der Waals surface area contributed by atoms with Gasteiger partial charge in [-0.1, -0.05) is 0 Å². The van der Waals surface area contributed by atoms with Crippen molar-refractivity contribution in [1.29, 1.82) is 5.26 Å². The third kappa shape index (κ3) is 3.21. The summed E-state index contributed by atoms with van der Waals surface area (Å²) in [5.41, 5.74) is 2.92. The molecule has 1 N–H and O–H groups in total. The zero-order valence-electron chi connectivity index (χ0n) is 10.2. The first kappa shape index (κ1) is 11.9. The third-order valence-corrected chi connectivity index (χ3v) is 3.15. The van der Waals surface area contributed by atoms with Crippen molar-refractivity contribution < 1.29 is 4.74 Å². The number of nitriles is 1. The van der Waals surface area contributed by atoms with Crippen molar-refractivity contribution in [3.63, 3.8) is 0 Å². The number of hydrogen-bond acceptors (Lipinski definition) is 3. The number of aryl methyl sites for hydroxylation is 1. The second-order valence-electron chi connectivity index (χ2n) is 4.51. The van der Waals surface area contributed by atoms with E-state index in [0.717, 1.165) is 30.8 Å². The zero-order valence-corrected chi connectivity index (χ0v) is 10.2. The molecule has 0 aromatic heterocycles. The molecule has 0 saturated carbocycles. The number of nitrogens with zero attached hydrogens (tertiary/aromatic N) is 1. The maximum Gasteiger partial charge on any atom is 0.0991 e. The predicted octanol–water partition coefficient (Wildman–Crippen LogP) is 2.85. The summed E-state index contributed by atoms with van der Waals surface area (Å²) in [5, 5.41) is 12.2. The van der Waals surface area contributed by atoms with Crippen LogP contribution in [-0.2, 0) is 4.74 Å². The van der Waals surface area contributed by atoms with E-state index in [1.54, 1.807) is 0 Å². The molecule has 1 aromatic rings. The van der Waals surface area contributed by atoms with Crippen molar-refractivity contribution in [2.75, 3.05) is 18.5 Å². The molecule has 1 aliphatic heterocycles. The minimum Gasteiger partial charge on any atom is -0.382 e. The largest absolute Gasteiger partial charge is 0.382 e. The number of benzene rings is 1. The molecule has 0 radical (unpaired) electrons. The van der Waals surface area contributed by atoms with Crippen molar-refractivity contribution in [3.8, 4) is 6.07 Å². The molecule has 1 saturated heterocycles. The molecule has 3 nitrogen and oxygen atoms in total. The number of anilines is 1. The van der Waals surface area contributed by atoms with Crippen LogP contribution < -0.4 is 5.32 Å². The van der Waals surface area contributed by atoms with E-state index < -0.39 is 0 Å². The highest BCUT2D eigenvalue weighted by Crippen LogP contribution is 2.18. The molecule has 1 aliphatic rings. The van der Waals surface area contributed by atoms with Crippen LogP contribution in [0.25, 0.3) is 0 Å². The van der Waals surface area contributed by atoms with E-state index in [1.165, 1.54) is 12.8 Å². The maximum absolute atomic E-state index is 8.80. The Hall–Kier alpha value is -1.53. The second-order valence-corrected chi connectivity index (χ2v) is 4.51. The lowest BCUT2D eigenvalue weighted by Gasteiger charge is -2.23. The van der Waals surface area contributed by atoms with Gasteiger partial charge in [-0.2, -0.15) is 5.26 Å². The van der Waals surface area contributed by atoms with Gasteiger partial charge < -0.3 is 10.1 Å². The summed E-state index contributed by atoms with van der Waals surface area (Å²) in [6, 6.07) is 7.87. The lowest BCUT2D eigenvalue weighted by atomic mass is 10.1. The standard InChI is InChI=1S/C14H18N2O/c1-11-8-12(9-15)5-6-14(11)16-10-13-4-2-3-7-17-13/h5-6,8,13,16H,2-4,7,10H2,1H3. The predicted molar refractivity (Wildman–Crippen MR) is 68.0 cm³/mol. The number of nitrogens with one attached hydrogen (secondary N) is 1. The summed E-state index contributed by atoms with van der Waals surface area (Å²) in [5.74, 6) is 0. The smallest absolute Gasteiger partial charge is 0.0991 e. The van der Waals surface area contributed by atoms with Crippen LogP contribution in [0.1, 0.15) is 30.4 Å². The Morgan fingerprint density at radius 3 is 3.00 bits per heavy atom. The van der Waals surface area contributed by atoms with E-state index in [-0.39, 0.29) is 0 Å². The van der Waals surface area contributed by atoms with E-state index in [4.69, 9.17) is 10.00 Å². The zero-order chi connectivity index (χ0) is 12.1. The van der Waals surface area contributed by atoms with Crippen molar-refractivity contribution >= 4 is 5.69 Å². The summed E-state index contributed by atoms with van der Waals surface area (Å²) in [7, 11) is 0. The monoisotopic (exact) mass is 230 g/mol. The average Bonchev–Trinajstić information content (AvgIpc) is 2.38. The molecule has 0 aliphatic carbocycles. The molecular weight excluding hydrogens is 212 g/mol. The summed E-state index contributed by atoms with van der Waals surface area (Å²) >= 11 is 0. The van der Waals surface area contributed by atoms with Crippen LogP contribution in [0.4, 0.5) is 5.69 Å². The molecule has 1 atom stereocenters. The van der Waals surface area contributed by atoms with Gasteiger partial charge in [-0.05, 0) is 49.9 Å². The molecule has 1 heterocycles. The molecule has 0 bridgehead atoms. The van der Waals surface area contributed by atoms with Crippen LogP contribution in [0, 0.1) is 18.3 Å². The van der Waals surface area contributed by atoms with Gasteiger partial charge >= 0.3 is 0 Å². The van der Waals surface area contributed by atoms with Gasteiger partial charge in [0.1, 0.15) is 0 Å². The minimum atomic E-state index is 0.332. The fourth-order valence-corrected chi connectivity index (χ4v) is 2.12. The fourth-order valence-electron chi connectivity index (χ4n) is 2.12. The Balaban J connectivity index is 1.92. The fraction of sp³-hybridized carbons (Fsp3) is 0.500. The minimum absolute atomic E-state index is 0.332. The van der Waals surface area contributed by atoms with Gasteiger partial charge in [-0.15, -0.1) is 0 Å². The molecule has 3 heteroatoms. The number of rotatable bonds is 3. The quantitative estimate of drug-likeness (QED) is 0.868. The van der Waals surface area contributed by atoms with Crippen LogP contribution >= 0.6 is 0 Å². The van der Waals surface area contributed by atoms with E-state index in [1.807, 2.05) is 25.1 Å². The van der Waals surface area contributed by atoms with Crippen LogP contribution in [0.2, 0.25) is 0 Å². The van der Waals surface area contributed by atoms with Gasteiger partial charge in [0.25, 0.3) is 0 Å². The SMILES string of the molecule is Cc1cc(C#N)ccc1NCC1CCCCO1. The van der Waals surface area contributed by atoms with Gasteiger partial charge in [0.15, 0.2) is 0 Å².